The number of fused-ring (bicyclic) bond motifs is 1. The average Bonchev–Trinajstić information content (AvgIpc) is 2.76. The van der Waals surface area contributed by atoms with E-state index in [0.29, 0.717) is 24.8 Å². The number of aromatic nitrogens is 2. The third-order valence-electron chi connectivity index (χ3n) is 4.82. The molecule has 3 rings (SSSR count). The van der Waals surface area contributed by atoms with Crippen LogP contribution in [0, 0.1) is 11.8 Å². The van der Waals surface area contributed by atoms with E-state index in [1.54, 1.807) is 16.2 Å². The van der Waals surface area contributed by atoms with Crippen molar-refractivity contribution in [1.82, 2.24) is 14.0 Å². The van der Waals surface area contributed by atoms with E-state index in [0.717, 1.165) is 24.1 Å². The Kier molecular flexibility index (Phi) is 4.28. The second kappa shape index (κ2) is 6.22. The number of amides is 1. The highest BCUT2D eigenvalue weighted by Gasteiger charge is 2.25. The molecule has 5 nitrogen and oxygen atoms in total. The first kappa shape index (κ1) is 15.8. The fourth-order valence-corrected chi connectivity index (χ4v) is 3.81. The number of para-hydroxylation sites is 2. The lowest BCUT2D eigenvalue weighted by Crippen LogP contribution is -2.43. The molecule has 23 heavy (non-hydrogen) atoms. The minimum atomic E-state index is -0.0561. The minimum Gasteiger partial charge on any atom is -0.342 e. The summed E-state index contributed by atoms with van der Waals surface area (Å²) in [6.07, 6.45) is 1.57. The van der Waals surface area contributed by atoms with Crippen LogP contribution in [0.4, 0.5) is 0 Å². The lowest BCUT2D eigenvalue weighted by Gasteiger charge is -2.35. The zero-order chi connectivity index (χ0) is 16.6. The van der Waals surface area contributed by atoms with Crippen LogP contribution in [0.15, 0.2) is 29.1 Å². The maximum absolute atomic E-state index is 12.5. The van der Waals surface area contributed by atoms with Gasteiger partial charge in [-0.05, 0) is 30.4 Å². The Morgan fingerprint density at radius 3 is 2.39 bits per heavy atom. The molecule has 124 valence electrons. The van der Waals surface area contributed by atoms with E-state index < -0.39 is 0 Å². The van der Waals surface area contributed by atoms with Crippen molar-refractivity contribution >= 4 is 16.9 Å². The van der Waals surface area contributed by atoms with Crippen molar-refractivity contribution in [3.8, 4) is 0 Å². The van der Waals surface area contributed by atoms with E-state index >= 15 is 0 Å². The molecule has 0 unspecified atom stereocenters. The van der Waals surface area contributed by atoms with Gasteiger partial charge in [0.2, 0.25) is 5.91 Å². The second-order valence-electron chi connectivity index (χ2n) is 6.98. The molecule has 1 aliphatic heterocycles. The van der Waals surface area contributed by atoms with E-state index in [1.165, 1.54) is 6.42 Å². The zero-order valence-electron chi connectivity index (χ0n) is 14.2. The van der Waals surface area contributed by atoms with E-state index in [4.69, 9.17) is 0 Å². The van der Waals surface area contributed by atoms with Crippen molar-refractivity contribution in [2.75, 3.05) is 13.1 Å². The van der Waals surface area contributed by atoms with Crippen molar-refractivity contribution in [2.24, 2.45) is 18.9 Å². The van der Waals surface area contributed by atoms with Crippen LogP contribution >= 0.6 is 0 Å². The summed E-state index contributed by atoms with van der Waals surface area (Å²) in [7, 11) is 1.77. The molecule has 1 aliphatic rings. The SMILES string of the molecule is C[C@@H]1C[C@@H](C)CN(C(=O)CCn2c(=O)n(C)c3ccccc32)C1. The number of hydrogen-bond acceptors (Lipinski definition) is 2. The molecule has 0 N–H and O–H groups in total. The fraction of sp³-hybridized carbons (Fsp3) is 0.556. The van der Waals surface area contributed by atoms with E-state index in [9.17, 15) is 9.59 Å². The van der Waals surface area contributed by atoms with Gasteiger partial charge < -0.3 is 4.90 Å². The predicted molar refractivity (Wildman–Crippen MR) is 91.3 cm³/mol. The molecular weight excluding hydrogens is 290 g/mol. The summed E-state index contributed by atoms with van der Waals surface area (Å²) >= 11 is 0. The number of benzene rings is 1. The third-order valence-corrected chi connectivity index (χ3v) is 4.82. The number of hydrogen-bond donors (Lipinski definition) is 0. The smallest absolute Gasteiger partial charge is 0.328 e. The summed E-state index contributed by atoms with van der Waals surface area (Å²) in [6, 6.07) is 7.72. The first-order chi connectivity index (χ1) is 11.0. The van der Waals surface area contributed by atoms with Crippen LogP contribution in [0.1, 0.15) is 26.7 Å². The lowest BCUT2D eigenvalue weighted by atomic mass is 9.92. The number of aryl methyl sites for hydroxylation is 2. The van der Waals surface area contributed by atoms with Gasteiger partial charge in [0.1, 0.15) is 0 Å². The molecule has 2 atom stereocenters. The molecule has 0 radical (unpaired) electrons. The maximum Gasteiger partial charge on any atom is 0.328 e. The Hall–Kier alpha value is -2.04. The lowest BCUT2D eigenvalue weighted by molar-refractivity contribution is -0.134. The second-order valence-corrected chi connectivity index (χ2v) is 6.98. The number of carbonyl (C=O) groups excluding carboxylic acids is 1. The molecule has 1 amide bonds. The van der Waals surface area contributed by atoms with Crippen molar-refractivity contribution in [3.63, 3.8) is 0 Å². The van der Waals surface area contributed by atoms with Gasteiger partial charge in [0.25, 0.3) is 0 Å². The summed E-state index contributed by atoms with van der Waals surface area (Å²) < 4.78 is 3.36. The van der Waals surface area contributed by atoms with Crippen molar-refractivity contribution in [1.29, 1.82) is 0 Å². The minimum absolute atomic E-state index is 0.0561. The Morgan fingerprint density at radius 1 is 1.13 bits per heavy atom. The van der Waals surface area contributed by atoms with Crippen LogP contribution < -0.4 is 5.69 Å². The van der Waals surface area contributed by atoms with Crippen LogP contribution in [0.3, 0.4) is 0 Å². The van der Waals surface area contributed by atoms with Crippen LogP contribution in [0.25, 0.3) is 11.0 Å². The molecule has 2 aromatic rings. The van der Waals surface area contributed by atoms with Gasteiger partial charge in [-0.1, -0.05) is 26.0 Å². The molecule has 0 aliphatic carbocycles. The van der Waals surface area contributed by atoms with Gasteiger partial charge in [-0.2, -0.15) is 0 Å². The van der Waals surface area contributed by atoms with Crippen molar-refractivity contribution < 1.29 is 4.79 Å². The topological polar surface area (TPSA) is 47.2 Å². The first-order valence-corrected chi connectivity index (χ1v) is 8.39. The number of piperidine rings is 1. The molecular formula is C18H25N3O2. The molecule has 0 bridgehead atoms. The summed E-state index contributed by atoms with van der Waals surface area (Å²) in [4.78, 5) is 26.9. The van der Waals surface area contributed by atoms with Crippen LogP contribution in [-0.2, 0) is 18.4 Å². The quantitative estimate of drug-likeness (QED) is 0.872. The standard InChI is InChI=1S/C18H25N3O2/c1-13-10-14(2)12-20(11-13)17(22)8-9-21-16-7-5-4-6-15(16)19(3)18(21)23/h4-7,13-14H,8-12H2,1-3H3/t13-,14-/m1/s1. The monoisotopic (exact) mass is 315 g/mol. The molecule has 1 saturated heterocycles. The van der Waals surface area contributed by atoms with Crippen molar-refractivity contribution in [3.05, 3.63) is 34.7 Å². The van der Waals surface area contributed by atoms with Gasteiger partial charge in [0, 0.05) is 33.1 Å². The highest BCUT2D eigenvalue weighted by Crippen LogP contribution is 2.21. The predicted octanol–water partition coefficient (Wildman–Crippen LogP) is 2.23. The largest absolute Gasteiger partial charge is 0.342 e. The Labute approximate surface area is 136 Å². The van der Waals surface area contributed by atoms with Crippen LogP contribution in [0.5, 0.6) is 0 Å². The summed E-state index contributed by atoms with van der Waals surface area (Å²) in [5.41, 5.74) is 1.75. The molecule has 1 fully saturated rings. The molecule has 2 heterocycles. The highest BCUT2D eigenvalue weighted by atomic mass is 16.2. The summed E-state index contributed by atoms with van der Waals surface area (Å²) in [5, 5.41) is 0. The fourth-order valence-electron chi connectivity index (χ4n) is 3.81. The Morgan fingerprint density at radius 2 is 1.74 bits per heavy atom. The van der Waals surface area contributed by atoms with E-state index in [1.807, 2.05) is 29.2 Å². The summed E-state index contributed by atoms with van der Waals surface area (Å²) in [5.74, 6) is 1.27. The van der Waals surface area contributed by atoms with Crippen molar-refractivity contribution in [2.45, 2.75) is 33.2 Å². The van der Waals surface area contributed by atoms with Gasteiger partial charge >= 0.3 is 5.69 Å². The number of nitrogens with zero attached hydrogens (tertiary/aromatic N) is 3. The molecule has 1 aromatic carbocycles. The number of carbonyl (C=O) groups is 1. The van der Waals surface area contributed by atoms with E-state index in [2.05, 4.69) is 13.8 Å². The maximum atomic E-state index is 12.5. The molecule has 0 saturated carbocycles. The molecule has 1 aromatic heterocycles. The van der Waals surface area contributed by atoms with Gasteiger partial charge in [0.05, 0.1) is 11.0 Å². The average molecular weight is 315 g/mol. The van der Waals surface area contributed by atoms with E-state index in [-0.39, 0.29) is 11.6 Å². The van der Waals surface area contributed by atoms with Gasteiger partial charge in [-0.15, -0.1) is 0 Å². The first-order valence-electron chi connectivity index (χ1n) is 8.39. The third kappa shape index (κ3) is 3.05. The Balaban J connectivity index is 1.75. The molecule has 5 heteroatoms. The van der Waals surface area contributed by atoms with Gasteiger partial charge in [0.15, 0.2) is 0 Å². The van der Waals surface area contributed by atoms with Crippen LogP contribution in [0.2, 0.25) is 0 Å². The zero-order valence-corrected chi connectivity index (χ0v) is 14.2. The van der Waals surface area contributed by atoms with Gasteiger partial charge in [-0.3, -0.25) is 13.9 Å². The number of likely N-dealkylation sites (tertiary alicyclic amines) is 1. The van der Waals surface area contributed by atoms with Gasteiger partial charge in [-0.25, -0.2) is 4.79 Å². The van der Waals surface area contributed by atoms with Crippen LogP contribution in [-0.4, -0.2) is 33.0 Å². The number of rotatable bonds is 3. The normalized spacial score (nSPS) is 21.8. The highest BCUT2D eigenvalue weighted by molar-refractivity contribution is 5.78. The number of imidazole rings is 1. The Bertz CT molecular complexity index is 764. The molecule has 0 spiro atoms. The summed E-state index contributed by atoms with van der Waals surface area (Å²) in [6.45, 7) is 6.52.